The number of nitrogens with one attached hydrogen (secondary N) is 1. The van der Waals surface area contributed by atoms with Crippen LogP contribution < -0.4 is 5.32 Å². The molecule has 0 radical (unpaired) electrons. The first kappa shape index (κ1) is 13.4. The Morgan fingerprint density at radius 2 is 2.05 bits per heavy atom. The van der Waals surface area contributed by atoms with Crippen molar-refractivity contribution in [1.29, 1.82) is 0 Å². The molecule has 4 nitrogen and oxygen atoms in total. The Hall–Kier alpha value is -0.610. The number of ether oxygens (including phenoxy) is 1. The molecule has 0 aromatic carbocycles. The molecule has 2 saturated heterocycles. The van der Waals surface area contributed by atoms with Crippen LogP contribution in [0.1, 0.15) is 51.9 Å². The Kier molecular flexibility index (Phi) is 3.81. The summed E-state index contributed by atoms with van der Waals surface area (Å²) in [6.07, 6.45) is 8.32. The molecule has 3 fully saturated rings. The molecule has 4 heteroatoms. The molecule has 1 N–H and O–H groups in total. The van der Waals surface area contributed by atoms with E-state index in [2.05, 4.69) is 10.2 Å². The summed E-state index contributed by atoms with van der Waals surface area (Å²) in [6.45, 7) is 4.95. The lowest BCUT2D eigenvalue weighted by Crippen LogP contribution is -2.57. The fourth-order valence-corrected chi connectivity index (χ4v) is 4.24. The summed E-state index contributed by atoms with van der Waals surface area (Å²) in [5, 5.41) is 3.18. The Bertz CT molecular complexity index is 333. The molecule has 2 heterocycles. The molecule has 0 bridgehead atoms. The van der Waals surface area contributed by atoms with Crippen molar-refractivity contribution in [1.82, 2.24) is 10.2 Å². The van der Waals surface area contributed by atoms with E-state index in [1.54, 1.807) is 6.92 Å². The third-order valence-electron chi connectivity index (χ3n) is 5.14. The molecule has 1 spiro atoms. The Morgan fingerprint density at radius 3 is 2.68 bits per heavy atom. The van der Waals surface area contributed by atoms with Crippen LogP contribution in [0.2, 0.25) is 0 Å². The first-order chi connectivity index (χ1) is 9.19. The van der Waals surface area contributed by atoms with Crippen molar-refractivity contribution in [2.75, 3.05) is 19.7 Å². The van der Waals surface area contributed by atoms with Crippen molar-refractivity contribution >= 4 is 5.91 Å². The van der Waals surface area contributed by atoms with Crippen LogP contribution in [0.25, 0.3) is 0 Å². The molecule has 1 saturated carbocycles. The molecule has 0 aromatic heterocycles. The van der Waals surface area contributed by atoms with E-state index in [0.29, 0.717) is 12.1 Å². The first-order valence-corrected chi connectivity index (χ1v) is 7.84. The highest BCUT2D eigenvalue weighted by molar-refractivity contribution is 5.73. The second-order valence-corrected chi connectivity index (χ2v) is 6.50. The van der Waals surface area contributed by atoms with Crippen LogP contribution in [0, 0.1) is 0 Å². The maximum absolute atomic E-state index is 11.4. The van der Waals surface area contributed by atoms with Crippen LogP contribution in [0.4, 0.5) is 0 Å². The number of hydrogen-bond acceptors (Lipinski definition) is 3. The molecular weight excluding hydrogens is 240 g/mol. The molecule has 3 rings (SSSR count). The van der Waals surface area contributed by atoms with Gasteiger partial charge in [0.25, 0.3) is 0 Å². The minimum atomic E-state index is 0.109. The average molecular weight is 266 g/mol. The van der Waals surface area contributed by atoms with Gasteiger partial charge in [0.1, 0.15) is 0 Å². The van der Waals surface area contributed by atoms with Crippen molar-refractivity contribution in [2.24, 2.45) is 0 Å². The molecule has 2 aliphatic heterocycles. The normalized spacial score (nSPS) is 39.8. The smallest absolute Gasteiger partial charge is 0.217 e. The van der Waals surface area contributed by atoms with E-state index in [-0.39, 0.29) is 11.5 Å². The molecular formula is C15H26N2O2. The summed E-state index contributed by atoms with van der Waals surface area (Å²) >= 11 is 0. The lowest BCUT2D eigenvalue weighted by Gasteiger charge is -2.45. The number of nitrogens with zero attached hydrogens (tertiary/aromatic N) is 1. The van der Waals surface area contributed by atoms with E-state index in [0.717, 1.165) is 25.9 Å². The number of amides is 1. The van der Waals surface area contributed by atoms with E-state index in [4.69, 9.17) is 4.74 Å². The molecule has 3 atom stereocenters. The SMILES string of the molecule is CC(=O)N[C@H]1CC[C@@]2(CCCO2)C[C@@H]1N1CCCC1. The van der Waals surface area contributed by atoms with E-state index in [9.17, 15) is 4.79 Å². The molecule has 0 aromatic rings. The predicted molar refractivity (Wildman–Crippen MR) is 74.0 cm³/mol. The lowest BCUT2D eigenvalue weighted by molar-refractivity contribution is -0.121. The zero-order valence-electron chi connectivity index (χ0n) is 12.0. The summed E-state index contributed by atoms with van der Waals surface area (Å²) in [7, 11) is 0. The van der Waals surface area contributed by atoms with Gasteiger partial charge in [-0.3, -0.25) is 9.69 Å². The third kappa shape index (κ3) is 2.79. The number of carbonyl (C=O) groups excluding carboxylic acids is 1. The molecule has 1 amide bonds. The van der Waals surface area contributed by atoms with Gasteiger partial charge in [-0.15, -0.1) is 0 Å². The summed E-state index contributed by atoms with van der Waals surface area (Å²) in [5.41, 5.74) is 0.127. The van der Waals surface area contributed by atoms with E-state index in [1.807, 2.05) is 0 Å². The van der Waals surface area contributed by atoms with Gasteiger partial charge in [-0.25, -0.2) is 0 Å². The maximum atomic E-state index is 11.4. The lowest BCUT2D eigenvalue weighted by atomic mass is 9.76. The Balaban J connectivity index is 1.72. The van der Waals surface area contributed by atoms with Crippen molar-refractivity contribution in [2.45, 2.75) is 69.6 Å². The van der Waals surface area contributed by atoms with E-state index >= 15 is 0 Å². The molecule has 1 aliphatic carbocycles. The highest BCUT2D eigenvalue weighted by Gasteiger charge is 2.46. The van der Waals surface area contributed by atoms with Crippen LogP contribution in [0.3, 0.4) is 0 Å². The molecule has 108 valence electrons. The molecule has 0 unspecified atom stereocenters. The van der Waals surface area contributed by atoms with Gasteiger partial charge in [0.15, 0.2) is 0 Å². The quantitative estimate of drug-likeness (QED) is 0.827. The van der Waals surface area contributed by atoms with Gasteiger partial charge >= 0.3 is 0 Å². The average Bonchev–Trinajstić information content (AvgIpc) is 3.03. The van der Waals surface area contributed by atoms with Crippen molar-refractivity contribution in [3.05, 3.63) is 0 Å². The summed E-state index contributed by atoms with van der Waals surface area (Å²) in [5.74, 6) is 0.109. The predicted octanol–water partition coefficient (Wildman–Crippen LogP) is 1.69. The van der Waals surface area contributed by atoms with Gasteiger partial charge in [-0.05, 0) is 58.0 Å². The van der Waals surface area contributed by atoms with Crippen LogP contribution in [-0.4, -0.2) is 48.2 Å². The molecule has 3 aliphatic rings. The minimum absolute atomic E-state index is 0.109. The summed E-state index contributed by atoms with van der Waals surface area (Å²) < 4.78 is 6.09. The second-order valence-electron chi connectivity index (χ2n) is 6.50. The van der Waals surface area contributed by atoms with Crippen LogP contribution >= 0.6 is 0 Å². The monoisotopic (exact) mass is 266 g/mol. The van der Waals surface area contributed by atoms with Crippen LogP contribution in [0.5, 0.6) is 0 Å². The van der Waals surface area contributed by atoms with Gasteiger partial charge in [0.05, 0.1) is 5.60 Å². The fourth-order valence-electron chi connectivity index (χ4n) is 4.24. The zero-order valence-corrected chi connectivity index (χ0v) is 12.0. The van der Waals surface area contributed by atoms with Gasteiger partial charge in [-0.2, -0.15) is 0 Å². The van der Waals surface area contributed by atoms with Crippen molar-refractivity contribution in [3.63, 3.8) is 0 Å². The van der Waals surface area contributed by atoms with Crippen LogP contribution in [-0.2, 0) is 9.53 Å². The summed E-state index contributed by atoms with van der Waals surface area (Å²) in [4.78, 5) is 14.0. The maximum Gasteiger partial charge on any atom is 0.217 e. The number of rotatable bonds is 2. The van der Waals surface area contributed by atoms with E-state index in [1.165, 1.54) is 38.8 Å². The first-order valence-electron chi connectivity index (χ1n) is 7.84. The topological polar surface area (TPSA) is 41.6 Å². The third-order valence-corrected chi connectivity index (χ3v) is 5.14. The second kappa shape index (κ2) is 5.41. The van der Waals surface area contributed by atoms with Gasteiger partial charge in [0.2, 0.25) is 5.91 Å². The molecule has 19 heavy (non-hydrogen) atoms. The van der Waals surface area contributed by atoms with Gasteiger partial charge in [0, 0.05) is 25.6 Å². The minimum Gasteiger partial charge on any atom is -0.375 e. The van der Waals surface area contributed by atoms with Gasteiger partial charge in [-0.1, -0.05) is 0 Å². The fraction of sp³-hybridized carbons (Fsp3) is 0.933. The van der Waals surface area contributed by atoms with E-state index < -0.39 is 0 Å². The Morgan fingerprint density at radius 1 is 1.26 bits per heavy atom. The standard InChI is InChI=1S/C15H26N2O2/c1-12(18)16-13-5-7-15(6-4-10-19-15)11-14(13)17-8-2-3-9-17/h13-14H,2-11H2,1H3,(H,16,18)/t13-,14-,15-/m0/s1. The largest absolute Gasteiger partial charge is 0.375 e. The highest BCUT2D eigenvalue weighted by atomic mass is 16.5. The van der Waals surface area contributed by atoms with Crippen molar-refractivity contribution in [3.8, 4) is 0 Å². The van der Waals surface area contributed by atoms with Crippen LogP contribution in [0.15, 0.2) is 0 Å². The Labute approximate surface area is 115 Å². The highest BCUT2D eigenvalue weighted by Crippen LogP contribution is 2.41. The zero-order chi connectivity index (χ0) is 13.3. The van der Waals surface area contributed by atoms with Crippen molar-refractivity contribution < 1.29 is 9.53 Å². The van der Waals surface area contributed by atoms with Gasteiger partial charge < -0.3 is 10.1 Å². The number of carbonyl (C=O) groups is 1. The number of hydrogen-bond donors (Lipinski definition) is 1. The number of likely N-dealkylation sites (tertiary alicyclic amines) is 1. The summed E-state index contributed by atoms with van der Waals surface area (Å²) in [6, 6.07) is 0.809.